The maximum Gasteiger partial charge on any atom is 0.282 e. The number of benzene rings is 2. The van der Waals surface area contributed by atoms with Crippen LogP contribution in [0.5, 0.6) is 0 Å². The third-order valence-electron chi connectivity index (χ3n) is 4.84. The van der Waals surface area contributed by atoms with E-state index in [0.29, 0.717) is 21.5 Å². The number of fused-ring (bicyclic) bond motifs is 1. The van der Waals surface area contributed by atoms with Crippen LogP contribution in [-0.4, -0.2) is 30.1 Å². The van der Waals surface area contributed by atoms with E-state index < -0.39 is 21.5 Å². The molecule has 32 heavy (non-hydrogen) atoms. The number of rotatable bonds is 5. The first-order valence-corrected chi connectivity index (χ1v) is 12.5. The Hall–Kier alpha value is -2.88. The van der Waals surface area contributed by atoms with Crippen LogP contribution < -0.4 is 10.3 Å². The van der Waals surface area contributed by atoms with Gasteiger partial charge in [0.2, 0.25) is 10.0 Å². The molecule has 2 heterocycles. The predicted molar refractivity (Wildman–Crippen MR) is 129 cm³/mol. The van der Waals surface area contributed by atoms with E-state index in [-0.39, 0.29) is 17.8 Å². The number of halogens is 2. The fraction of sp³-hybridized carbons (Fsp3) is 0.0909. The summed E-state index contributed by atoms with van der Waals surface area (Å²) in [7, 11) is -3.85. The molecule has 164 valence electrons. The highest BCUT2D eigenvalue weighted by Crippen LogP contribution is 2.36. The van der Waals surface area contributed by atoms with Crippen molar-refractivity contribution in [1.82, 2.24) is 14.3 Å². The van der Waals surface area contributed by atoms with Crippen LogP contribution in [0.4, 0.5) is 0 Å². The molecule has 0 fully saturated rings. The van der Waals surface area contributed by atoms with Crippen LogP contribution >= 0.6 is 27.5 Å². The van der Waals surface area contributed by atoms with Crippen molar-refractivity contribution in [2.45, 2.75) is 6.54 Å². The van der Waals surface area contributed by atoms with E-state index in [1.165, 1.54) is 6.20 Å². The third-order valence-corrected chi connectivity index (χ3v) is 6.12. The van der Waals surface area contributed by atoms with E-state index in [1.54, 1.807) is 34.9 Å². The Labute approximate surface area is 197 Å². The second kappa shape index (κ2) is 8.57. The van der Waals surface area contributed by atoms with Crippen molar-refractivity contribution in [2.24, 2.45) is 0 Å². The standard InChI is InChI=1S/C22H17BrClN3O4S/c1-32(30,31)26-22(29)20-19(16-6-3-9-25-21(16)28)17-11-15(24)7-8-18(17)27(20)12-13-4-2-5-14(23)10-13/h2-11H,12H2,1H3,(H,25,28)(H,26,29). The van der Waals surface area contributed by atoms with Gasteiger partial charge in [-0.25, -0.2) is 13.1 Å². The fourth-order valence-corrected chi connectivity index (χ4v) is 4.71. The molecule has 0 aliphatic heterocycles. The number of amides is 1. The highest BCUT2D eigenvalue weighted by atomic mass is 79.9. The van der Waals surface area contributed by atoms with E-state index in [1.807, 2.05) is 29.0 Å². The van der Waals surface area contributed by atoms with E-state index >= 15 is 0 Å². The van der Waals surface area contributed by atoms with Crippen LogP contribution in [0.15, 0.2) is 70.1 Å². The van der Waals surface area contributed by atoms with Gasteiger partial charge in [-0.2, -0.15) is 0 Å². The van der Waals surface area contributed by atoms with Crippen LogP contribution in [0.25, 0.3) is 22.0 Å². The molecule has 1 amide bonds. The molecule has 0 bridgehead atoms. The number of pyridine rings is 1. The zero-order valence-corrected chi connectivity index (χ0v) is 19.9. The van der Waals surface area contributed by atoms with Crippen molar-refractivity contribution < 1.29 is 13.2 Å². The average Bonchev–Trinajstić information content (AvgIpc) is 3.00. The zero-order chi connectivity index (χ0) is 23.0. The van der Waals surface area contributed by atoms with E-state index in [0.717, 1.165) is 16.3 Å². The smallest absolute Gasteiger partial charge is 0.282 e. The molecular formula is C22H17BrClN3O4S. The topological polar surface area (TPSA) is 101 Å². The van der Waals surface area contributed by atoms with Crippen LogP contribution in [-0.2, 0) is 16.6 Å². The van der Waals surface area contributed by atoms with Gasteiger partial charge in [0.15, 0.2) is 0 Å². The molecule has 10 heteroatoms. The van der Waals surface area contributed by atoms with E-state index in [4.69, 9.17) is 11.6 Å². The predicted octanol–water partition coefficient (Wildman–Crippen LogP) is 4.15. The summed E-state index contributed by atoms with van der Waals surface area (Å²) in [6.07, 6.45) is 2.38. The fourth-order valence-electron chi connectivity index (χ4n) is 3.65. The number of aromatic nitrogens is 2. The lowest BCUT2D eigenvalue weighted by Gasteiger charge is -2.12. The second-order valence-electron chi connectivity index (χ2n) is 7.22. The number of hydrogen-bond donors (Lipinski definition) is 2. The molecule has 0 aliphatic carbocycles. The average molecular weight is 535 g/mol. The highest BCUT2D eigenvalue weighted by Gasteiger charge is 2.27. The number of hydrogen-bond acceptors (Lipinski definition) is 4. The Bertz CT molecular complexity index is 1530. The lowest BCUT2D eigenvalue weighted by molar-refractivity contribution is 0.0974. The molecule has 0 spiro atoms. The van der Waals surface area contributed by atoms with Crippen LogP contribution in [0.1, 0.15) is 16.1 Å². The minimum atomic E-state index is -3.85. The van der Waals surface area contributed by atoms with Crippen molar-refractivity contribution in [2.75, 3.05) is 6.26 Å². The first-order valence-electron chi connectivity index (χ1n) is 9.40. The monoisotopic (exact) mass is 533 g/mol. The Morgan fingerprint density at radius 2 is 1.94 bits per heavy atom. The molecule has 0 unspecified atom stereocenters. The van der Waals surface area contributed by atoms with Crippen molar-refractivity contribution in [3.05, 3.63) is 91.9 Å². The Morgan fingerprint density at radius 3 is 2.62 bits per heavy atom. The van der Waals surface area contributed by atoms with Gasteiger partial charge in [-0.1, -0.05) is 39.7 Å². The summed E-state index contributed by atoms with van der Waals surface area (Å²) in [5.74, 6) is -0.840. The number of aromatic amines is 1. The van der Waals surface area contributed by atoms with Gasteiger partial charge in [0, 0.05) is 44.3 Å². The summed E-state index contributed by atoms with van der Waals surface area (Å²) >= 11 is 9.69. The van der Waals surface area contributed by atoms with Crippen molar-refractivity contribution >= 4 is 54.4 Å². The molecule has 4 rings (SSSR count). The molecule has 0 saturated heterocycles. The molecule has 2 N–H and O–H groups in total. The largest absolute Gasteiger partial charge is 0.331 e. The normalized spacial score (nSPS) is 11.6. The molecule has 2 aromatic carbocycles. The van der Waals surface area contributed by atoms with Gasteiger partial charge in [0.05, 0.1) is 6.26 Å². The van der Waals surface area contributed by atoms with Crippen molar-refractivity contribution in [3.8, 4) is 11.1 Å². The summed E-state index contributed by atoms with van der Waals surface area (Å²) in [6.45, 7) is 0.259. The summed E-state index contributed by atoms with van der Waals surface area (Å²) in [5, 5.41) is 0.976. The van der Waals surface area contributed by atoms with Gasteiger partial charge < -0.3 is 9.55 Å². The van der Waals surface area contributed by atoms with Gasteiger partial charge in [0.25, 0.3) is 11.5 Å². The van der Waals surface area contributed by atoms with E-state index in [2.05, 4.69) is 20.9 Å². The Morgan fingerprint density at radius 1 is 1.16 bits per heavy atom. The van der Waals surface area contributed by atoms with Crippen molar-refractivity contribution in [3.63, 3.8) is 0 Å². The SMILES string of the molecule is CS(=O)(=O)NC(=O)c1c(-c2ccc[nH]c2=O)c2cc(Cl)ccc2n1Cc1cccc(Br)c1. The number of carbonyl (C=O) groups is 1. The summed E-state index contributed by atoms with van der Waals surface area (Å²) in [6, 6.07) is 15.8. The molecular weight excluding hydrogens is 518 g/mol. The maximum absolute atomic E-state index is 13.2. The van der Waals surface area contributed by atoms with Gasteiger partial charge in [-0.15, -0.1) is 0 Å². The Balaban J connectivity index is 2.09. The number of sulfonamides is 1. The molecule has 0 aliphatic rings. The minimum Gasteiger partial charge on any atom is -0.331 e. The first kappa shape index (κ1) is 22.3. The summed E-state index contributed by atoms with van der Waals surface area (Å²) in [4.78, 5) is 28.5. The molecule has 0 atom stereocenters. The number of H-pyrrole nitrogens is 1. The lowest BCUT2D eigenvalue weighted by atomic mass is 10.0. The van der Waals surface area contributed by atoms with Crippen molar-refractivity contribution in [1.29, 1.82) is 0 Å². The number of carbonyl (C=O) groups excluding carboxylic acids is 1. The first-order chi connectivity index (χ1) is 15.1. The Kier molecular flexibility index (Phi) is 5.98. The highest BCUT2D eigenvalue weighted by molar-refractivity contribution is 9.10. The maximum atomic E-state index is 13.2. The third kappa shape index (κ3) is 4.50. The summed E-state index contributed by atoms with van der Waals surface area (Å²) < 4.78 is 28.3. The van der Waals surface area contributed by atoms with E-state index in [9.17, 15) is 18.0 Å². The number of nitrogens with one attached hydrogen (secondary N) is 2. The second-order valence-corrected chi connectivity index (χ2v) is 10.3. The molecule has 2 aromatic heterocycles. The van der Waals surface area contributed by atoms with Gasteiger partial charge >= 0.3 is 0 Å². The van der Waals surface area contributed by atoms with Gasteiger partial charge in [-0.3, -0.25) is 9.59 Å². The molecule has 7 nitrogen and oxygen atoms in total. The quantitative estimate of drug-likeness (QED) is 0.402. The van der Waals surface area contributed by atoms with Crippen LogP contribution in [0, 0.1) is 0 Å². The van der Waals surface area contributed by atoms with Gasteiger partial charge in [-0.05, 0) is 48.0 Å². The zero-order valence-electron chi connectivity index (χ0n) is 16.7. The lowest BCUT2D eigenvalue weighted by Crippen LogP contribution is -2.31. The molecule has 0 radical (unpaired) electrons. The van der Waals surface area contributed by atoms with Gasteiger partial charge in [0.1, 0.15) is 5.69 Å². The minimum absolute atomic E-state index is 0.0457. The molecule has 4 aromatic rings. The molecule has 0 saturated carbocycles. The number of nitrogens with zero attached hydrogens (tertiary/aromatic N) is 1. The van der Waals surface area contributed by atoms with Crippen LogP contribution in [0.3, 0.4) is 0 Å². The summed E-state index contributed by atoms with van der Waals surface area (Å²) in [5.41, 5.74) is 1.66. The van der Waals surface area contributed by atoms with Crippen LogP contribution in [0.2, 0.25) is 5.02 Å².